The van der Waals surface area contributed by atoms with Gasteiger partial charge in [0.05, 0.1) is 5.39 Å². The van der Waals surface area contributed by atoms with Gasteiger partial charge in [-0.1, -0.05) is 0 Å². The van der Waals surface area contributed by atoms with Crippen LogP contribution in [-0.2, 0) is 0 Å². The topological polar surface area (TPSA) is 73.3 Å². The van der Waals surface area contributed by atoms with Gasteiger partial charge in [-0.25, -0.2) is 0 Å². The Labute approximate surface area is 85.2 Å². The average molecular weight is 214 g/mol. The number of nitrogens with one attached hydrogen (secondary N) is 1. The van der Waals surface area contributed by atoms with Crippen LogP contribution in [0.2, 0.25) is 0 Å². The molecule has 74 valence electrons. The van der Waals surface area contributed by atoms with Crippen LogP contribution in [0.3, 0.4) is 0 Å². The highest BCUT2D eigenvalue weighted by Crippen LogP contribution is 2.26. The van der Waals surface area contributed by atoms with Crippen LogP contribution in [0.5, 0.6) is 11.5 Å². The van der Waals surface area contributed by atoms with Gasteiger partial charge in [-0.05, 0) is 17.5 Å². The van der Waals surface area contributed by atoms with Gasteiger partial charge in [-0.15, -0.1) is 12.4 Å². The Kier molecular flexibility index (Phi) is 2.67. The van der Waals surface area contributed by atoms with E-state index in [0.29, 0.717) is 5.39 Å². The van der Waals surface area contributed by atoms with Gasteiger partial charge in [0.1, 0.15) is 11.5 Å². The molecule has 0 fully saturated rings. The van der Waals surface area contributed by atoms with Crippen LogP contribution >= 0.6 is 12.4 Å². The number of aromatic hydroxyl groups is 2. The van der Waals surface area contributed by atoms with Gasteiger partial charge in [0.25, 0.3) is 5.56 Å². The van der Waals surface area contributed by atoms with Crippen LogP contribution in [0.15, 0.2) is 29.2 Å². The molecule has 0 saturated heterocycles. The summed E-state index contributed by atoms with van der Waals surface area (Å²) in [4.78, 5) is 13.7. The van der Waals surface area contributed by atoms with Crippen LogP contribution < -0.4 is 5.56 Å². The molecular formula is C9H8ClNO3. The summed E-state index contributed by atoms with van der Waals surface area (Å²) in [6, 6.07) is 4.16. The lowest BCUT2D eigenvalue weighted by molar-refractivity contribution is 0.455. The number of phenolic OH excluding ortho intramolecular Hbond substituents is 2. The first-order chi connectivity index (χ1) is 6.18. The summed E-state index contributed by atoms with van der Waals surface area (Å²) in [6.07, 6.45) is 1.46. The Balaban J connectivity index is 0.000000980. The molecule has 0 aliphatic carbocycles. The molecule has 1 aromatic heterocycles. The molecule has 5 heteroatoms. The van der Waals surface area contributed by atoms with Crippen molar-refractivity contribution in [3.05, 3.63) is 34.7 Å². The van der Waals surface area contributed by atoms with E-state index in [0.717, 1.165) is 6.07 Å². The third kappa shape index (κ3) is 1.52. The molecule has 0 aliphatic rings. The molecule has 0 aliphatic heterocycles. The number of aromatic nitrogens is 1. The van der Waals surface area contributed by atoms with Crippen LogP contribution in [0, 0.1) is 0 Å². The quantitative estimate of drug-likeness (QED) is 0.619. The van der Waals surface area contributed by atoms with Crippen molar-refractivity contribution < 1.29 is 10.2 Å². The van der Waals surface area contributed by atoms with E-state index >= 15 is 0 Å². The number of halogens is 1. The highest BCUT2D eigenvalue weighted by atomic mass is 35.5. The fourth-order valence-electron chi connectivity index (χ4n) is 1.29. The number of pyridine rings is 1. The van der Waals surface area contributed by atoms with Gasteiger partial charge in [-0.3, -0.25) is 4.79 Å². The number of phenols is 2. The molecule has 0 atom stereocenters. The first-order valence-corrected chi connectivity index (χ1v) is 3.72. The highest BCUT2D eigenvalue weighted by Gasteiger charge is 2.04. The van der Waals surface area contributed by atoms with Crippen molar-refractivity contribution in [3.63, 3.8) is 0 Å². The predicted molar refractivity (Wildman–Crippen MR) is 55.1 cm³/mol. The number of fused-ring (bicyclic) bond motifs is 1. The Morgan fingerprint density at radius 2 is 1.93 bits per heavy atom. The fourth-order valence-corrected chi connectivity index (χ4v) is 1.29. The minimum atomic E-state index is -0.366. The summed E-state index contributed by atoms with van der Waals surface area (Å²) in [5.74, 6) is -0.271. The molecule has 14 heavy (non-hydrogen) atoms. The van der Waals surface area contributed by atoms with E-state index in [-0.39, 0.29) is 34.9 Å². The van der Waals surface area contributed by atoms with E-state index in [4.69, 9.17) is 5.11 Å². The Morgan fingerprint density at radius 1 is 1.21 bits per heavy atom. The second kappa shape index (κ2) is 3.59. The predicted octanol–water partition coefficient (Wildman–Crippen LogP) is 1.36. The second-order valence-electron chi connectivity index (χ2n) is 2.74. The molecule has 0 unspecified atom stereocenters. The lowest BCUT2D eigenvalue weighted by atomic mass is 10.1. The first kappa shape index (κ1) is 10.4. The lowest BCUT2D eigenvalue weighted by Gasteiger charge is -1.99. The Hall–Kier alpha value is -1.68. The molecule has 1 aromatic carbocycles. The van der Waals surface area contributed by atoms with Crippen LogP contribution in [0.1, 0.15) is 0 Å². The van der Waals surface area contributed by atoms with E-state index in [1.54, 1.807) is 6.07 Å². The Bertz CT molecular complexity index is 521. The molecule has 0 radical (unpaired) electrons. The number of H-pyrrole nitrogens is 1. The minimum Gasteiger partial charge on any atom is -0.508 e. The van der Waals surface area contributed by atoms with Gasteiger partial charge in [0.15, 0.2) is 0 Å². The third-order valence-corrected chi connectivity index (χ3v) is 1.84. The molecule has 0 saturated carbocycles. The van der Waals surface area contributed by atoms with E-state index in [2.05, 4.69) is 4.98 Å². The van der Waals surface area contributed by atoms with E-state index in [9.17, 15) is 9.90 Å². The molecule has 0 amide bonds. The van der Waals surface area contributed by atoms with Crippen molar-refractivity contribution in [2.75, 3.05) is 0 Å². The van der Waals surface area contributed by atoms with Gasteiger partial charge >= 0.3 is 0 Å². The summed E-state index contributed by atoms with van der Waals surface area (Å²) in [6.45, 7) is 0. The third-order valence-electron chi connectivity index (χ3n) is 1.84. The van der Waals surface area contributed by atoms with Gasteiger partial charge < -0.3 is 15.2 Å². The van der Waals surface area contributed by atoms with Gasteiger partial charge in [-0.2, -0.15) is 0 Å². The maximum atomic E-state index is 11.2. The largest absolute Gasteiger partial charge is 0.508 e. The van der Waals surface area contributed by atoms with Crippen molar-refractivity contribution in [1.29, 1.82) is 0 Å². The minimum absolute atomic E-state index is 0. The monoisotopic (exact) mass is 213 g/mol. The van der Waals surface area contributed by atoms with Gasteiger partial charge in [0, 0.05) is 12.3 Å². The van der Waals surface area contributed by atoms with Crippen molar-refractivity contribution in [1.82, 2.24) is 4.98 Å². The average Bonchev–Trinajstić information content (AvgIpc) is 2.02. The number of rotatable bonds is 0. The normalized spacial score (nSPS) is 9.71. The number of hydrogen-bond donors (Lipinski definition) is 3. The molecule has 4 nitrogen and oxygen atoms in total. The van der Waals surface area contributed by atoms with Crippen molar-refractivity contribution in [2.45, 2.75) is 0 Å². The zero-order valence-corrected chi connectivity index (χ0v) is 7.84. The van der Waals surface area contributed by atoms with Crippen LogP contribution in [-0.4, -0.2) is 15.2 Å². The molecular weight excluding hydrogens is 206 g/mol. The Morgan fingerprint density at radius 3 is 2.64 bits per heavy atom. The number of hydrogen-bond acceptors (Lipinski definition) is 3. The van der Waals surface area contributed by atoms with E-state index < -0.39 is 0 Å². The van der Waals surface area contributed by atoms with E-state index in [1.165, 1.54) is 12.3 Å². The van der Waals surface area contributed by atoms with Crippen molar-refractivity contribution >= 4 is 23.2 Å². The zero-order chi connectivity index (χ0) is 9.42. The second-order valence-corrected chi connectivity index (χ2v) is 2.74. The number of aromatic amines is 1. The first-order valence-electron chi connectivity index (χ1n) is 3.72. The lowest BCUT2D eigenvalue weighted by Crippen LogP contribution is -2.04. The highest BCUT2D eigenvalue weighted by molar-refractivity contribution is 5.88. The van der Waals surface area contributed by atoms with Gasteiger partial charge in [0.2, 0.25) is 0 Å². The maximum Gasteiger partial charge on any atom is 0.259 e. The summed E-state index contributed by atoms with van der Waals surface area (Å²) < 4.78 is 0. The standard InChI is InChI=1S/C9H7NO3.ClH/c11-6-3-5-1-2-10-9(13)8(5)7(12)4-6;/h1-4,11-12H,(H,10,13);1H. The molecule has 0 spiro atoms. The van der Waals surface area contributed by atoms with Crippen LogP contribution in [0.4, 0.5) is 0 Å². The molecule has 0 bridgehead atoms. The SMILES string of the molecule is Cl.O=c1[nH]ccc2cc(O)cc(O)c12. The summed E-state index contributed by atoms with van der Waals surface area (Å²) in [5.41, 5.74) is -0.366. The maximum absolute atomic E-state index is 11.2. The van der Waals surface area contributed by atoms with Crippen LogP contribution in [0.25, 0.3) is 10.8 Å². The smallest absolute Gasteiger partial charge is 0.259 e. The molecule has 3 N–H and O–H groups in total. The molecule has 2 rings (SSSR count). The summed E-state index contributed by atoms with van der Waals surface area (Å²) in [7, 11) is 0. The summed E-state index contributed by atoms with van der Waals surface area (Å²) >= 11 is 0. The van der Waals surface area contributed by atoms with Crippen molar-refractivity contribution in [2.24, 2.45) is 0 Å². The molecule has 2 aromatic rings. The van der Waals surface area contributed by atoms with Crippen molar-refractivity contribution in [3.8, 4) is 11.5 Å². The summed E-state index contributed by atoms with van der Waals surface area (Å²) in [5, 5.41) is 19.2. The zero-order valence-electron chi connectivity index (χ0n) is 7.02. The van der Waals surface area contributed by atoms with E-state index in [1.807, 2.05) is 0 Å². The fraction of sp³-hybridized carbons (Fsp3) is 0. The number of benzene rings is 1. The molecule has 1 heterocycles.